The number of carbonyl (C=O) groups excluding carboxylic acids is 1. The van der Waals surface area contributed by atoms with Gasteiger partial charge in [-0.15, -0.1) is 11.3 Å². The van der Waals surface area contributed by atoms with E-state index in [0.717, 1.165) is 25.1 Å². The molecule has 1 atom stereocenters. The van der Waals surface area contributed by atoms with Crippen molar-refractivity contribution in [2.45, 2.75) is 18.9 Å². The summed E-state index contributed by atoms with van der Waals surface area (Å²) >= 11 is 1.70. The summed E-state index contributed by atoms with van der Waals surface area (Å²) in [5, 5.41) is 5.03. The first kappa shape index (κ1) is 16.5. The van der Waals surface area contributed by atoms with Gasteiger partial charge < -0.3 is 15.0 Å². The van der Waals surface area contributed by atoms with Crippen LogP contribution < -0.4 is 10.1 Å². The lowest BCUT2D eigenvalue weighted by Crippen LogP contribution is -2.34. The highest BCUT2D eigenvalue weighted by Gasteiger charge is 2.30. The first-order valence-corrected chi connectivity index (χ1v) is 9.33. The van der Waals surface area contributed by atoms with Crippen LogP contribution in [-0.4, -0.2) is 27.4 Å². The monoisotopic (exact) mass is 366 g/mol. The van der Waals surface area contributed by atoms with Crippen LogP contribution in [0.5, 0.6) is 11.8 Å². The second kappa shape index (κ2) is 7.53. The number of nitrogens with one attached hydrogen (secondary N) is 1. The lowest BCUT2D eigenvalue weighted by atomic mass is 10.2. The fourth-order valence-electron chi connectivity index (χ4n) is 3.03. The van der Waals surface area contributed by atoms with Gasteiger partial charge in [-0.2, -0.15) is 0 Å². The summed E-state index contributed by atoms with van der Waals surface area (Å²) in [4.78, 5) is 23.9. The summed E-state index contributed by atoms with van der Waals surface area (Å²) in [6, 6.07) is 13.4. The number of benzene rings is 1. The first-order chi connectivity index (χ1) is 12.8. The molecule has 3 aromatic rings. The molecule has 2 amide bonds. The molecular formula is C19H18N4O2S. The number of hydrogen-bond donors (Lipinski definition) is 1. The normalized spacial score (nSPS) is 16.5. The molecule has 1 aliphatic rings. The number of amides is 2. The second-order valence-electron chi connectivity index (χ2n) is 5.95. The van der Waals surface area contributed by atoms with Crippen LogP contribution in [0.3, 0.4) is 0 Å². The molecule has 2 aromatic heterocycles. The van der Waals surface area contributed by atoms with E-state index >= 15 is 0 Å². The Labute approximate surface area is 155 Å². The Morgan fingerprint density at radius 1 is 1.15 bits per heavy atom. The number of nitrogens with zero attached hydrogens (tertiary/aromatic N) is 3. The lowest BCUT2D eigenvalue weighted by molar-refractivity contribution is 0.208. The average molecular weight is 366 g/mol. The summed E-state index contributed by atoms with van der Waals surface area (Å²) in [7, 11) is 0. The van der Waals surface area contributed by atoms with Crippen LogP contribution in [-0.2, 0) is 0 Å². The number of anilines is 1. The van der Waals surface area contributed by atoms with Gasteiger partial charge in [0.1, 0.15) is 5.75 Å². The van der Waals surface area contributed by atoms with E-state index in [1.54, 1.807) is 41.9 Å². The van der Waals surface area contributed by atoms with Crippen molar-refractivity contribution in [3.63, 3.8) is 0 Å². The average Bonchev–Trinajstić information content (AvgIpc) is 3.35. The summed E-state index contributed by atoms with van der Waals surface area (Å²) < 4.78 is 5.56. The molecule has 0 saturated carbocycles. The van der Waals surface area contributed by atoms with Crippen molar-refractivity contribution in [1.29, 1.82) is 0 Å². The molecular weight excluding hydrogens is 348 g/mol. The second-order valence-corrected chi connectivity index (χ2v) is 6.93. The first-order valence-electron chi connectivity index (χ1n) is 8.45. The highest BCUT2D eigenvalue weighted by atomic mass is 32.1. The molecule has 1 aliphatic heterocycles. The van der Waals surface area contributed by atoms with E-state index in [9.17, 15) is 4.79 Å². The fraction of sp³-hybridized carbons (Fsp3) is 0.211. The zero-order valence-corrected chi connectivity index (χ0v) is 14.9. The van der Waals surface area contributed by atoms with Gasteiger partial charge in [-0.3, -0.25) is 0 Å². The Morgan fingerprint density at radius 2 is 1.96 bits per heavy atom. The van der Waals surface area contributed by atoms with Gasteiger partial charge in [0.15, 0.2) is 0 Å². The van der Waals surface area contributed by atoms with E-state index in [1.807, 2.05) is 23.1 Å². The number of thiophene rings is 1. The quantitative estimate of drug-likeness (QED) is 0.727. The van der Waals surface area contributed by atoms with Crippen LogP contribution in [0.25, 0.3) is 0 Å². The van der Waals surface area contributed by atoms with Crippen LogP contribution in [0.4, 0.5) is 10.5 Å². The minimum absolute atomic E-state index is 0.0686. The van der Waals surface area contributed by atoms with Gasteiger partial charge in [0.05, 0.1) is 6.04 Å². The molecule has 1 aromatic carbocycles. The molecule has 4 rings (SSSR count). The number of ether oxygens (including phenoxy) is 1. The maximum absolute atomic E-state index is 12.7. The molecule has 1 N–H and O–H groups in total. The Morgan fingerprint density at radius 3 is 2.69 bits per heavy atom. The molecule has 26 heavy (non-hydrogen) atoms. The Bertz CT molecular complexity index is 853. The van der Waals surface area contributed by atoms with E-state index in [1.165, 1.54) is 4.88 Å². The maximum atomic E-state index is 12.7. The Balaban J connectivity index is 1.40. The van der Waals surface area contributed by atoms with Crippen LogP contribution in [0, 0.1) is 0 Å². The molecule has 132 valence electrons. The molecule has 1 fully saturated rings. The van der Waals surface area contributed by atoms with Gasteiger partial charge in [0.2, 0.25) is 0 Å². The van der Waals surface area contributed by atoms with Gasteiger partial charge in [-0.1, -0.05) is 6.07 Å². The molecule has 6 nitrogen and oxygen atoms in total. The van der Waals surface area contributed by atoms with Gasteiger partial charge in [-0.25, -0.2) is 14.8 Å². The van der Waals surface area contributed by atoms with Gasteiger partial charge >= 0.3 is 12.0 Å². The van der Waals surface area contributed by atoms with E-state index < -0.39 is 0 Å². The van der Waals surface area contributed by atoms with E-state index in [2.05, 4.69) is 26.7 Å². The standard InChI is InChI=1S/C19H18N4O2S/c24-19(23-12-1-4-16(23)17-5-2-13-26-17)22-14-6-8-15(9-7-14)25-18-20-10-3-11-21-18/h2-3,5-11,13,16H,1,4,12H2,(H,22,24)/t16-/m0/s1. The summed E-state index contributed by atoms with van der Waals surface area (Å²) in [5.74, 6) is 0.617. The Kier molecular flexibility index (Phi) is 4.79. The summed E-state index contributed by atoms with van der Waals surface area (Å²) in [6.45, 7) is 0.779. The van der Waals surface area contributed by atoms with E-state index in [-0.39, 0.29) is 12.1 Å². The lowest BCUT2D eigenvalue weighted by Gasteiger charge is -2.24. The van der Waals surface area contributed by atoms with Gasteiger partial charge in [-0.05, 0) is 54.6 Å². The predicted molar refractivity (Wildman–Crippen MR) is 101 cm³/mol. The highest BCUT2D eigenvalue weighted by molar-refractivity contribution is 7.10. The van der Waals surface area contributed by atoms with Gasteiger partial charge in [0.25, 0.3) is 0 Å². The SMILES string of the molecule is O=C(Nc1ccc(Oc2ncccn2)cc1)N1CCC[C@H]1c1cccs1. The molecule has 7 heteroatoms. The largest absolute Gasteiger partial charge is 0.424 e. The zero-order valence-electron chi connectivity index (χ0n) is 14.0. The molecule has 0 aliphatic carbocycles. The van der Waals surface area contributed by atoms with Crippen molar-refractivity contribution in [2.75, 3.05) is 11.9 Å². The minimum atomic E-state index is -0.0686. The topological polar surface area (TPSA) is 67.3 Å². The summed E-state index contributed by atoms with van der Waals surface area (Å²) in [6.07, 6.45) is 5.28. The molecule has 0 bridgehead atoms. The highest BCUT2D eigenvalue weighted by Crippen LogP contribution is 2.34. The Hall–Kier alpha value is -2.93. The van der Waals surface area contributed by atoms with Gasteiger partial charge in [0, 0.05) is 29.5 Å². The predicted octanol–water partition coefficient (Wildman–Crippen LogP) is 4.70. The summed E-state index contributed by atoms with van der Waals surface area (Å²) in [5.41, 5.74) is 0.730. The van der Waals surface area contributed by atoms with E-state index in [0.29, 0.717) is 11.8 Å². The molecule has 3 heterocycles. The van der Waals surface area contributed by atoms with Crippen molar-refractivity contribution in [3.8, 4) is 11.8 Å². The number of likely N-dealkylation sites (tertiary alicyclic amines) is 1. The van der Waals surface area contributed by atoms with E-state index in [4.69, 9.17) is 4.74 Å². The van der Waals surface area contributed by atoms with Crippen molar-refractivity contribution < 1.29 is 9.53 Å². The van der Waals surface area contributed by atoms with Crippen molar-refractivity contribution >= 4 is 23.1 Å². The zero-order chi connectivity index (χ0) is 17.8. The smallest absolute Gasteiger partial charge is 0.322 e. The fourth-order valence-corrected chi connectivity index (χ4v) is 3.91. The van der Waals surface area contributed by atoms with Crippen LogP contribution >= 0.6 is 11.3 Å². The third-order valence-electron chi connectivity index (χ3n) is 4.24. The molecule has 0 unspecified atom stereocenters. The molecule has 1 saturated heterocycles. The van der Waals surface area contributed by atoms with Crippen LogP contribution in [0.15, 0.2) is 60.2 Å². The number of aromatic nitrogens is 2. The van der Waals surface area contributed by atoms with Crippen LogP contribution in [0.2, 0.25) is 0 Å². The van der Waals surface area contributed by atoms with Crippen LogP contribution in [0.1, 0.15) is 23.8 Å². The van der Waals surface area contributed by atoms with Crippen molar-refractivity contribution in [3.05, 3.63) is 65.1 Å². The number of carbonyl (C=O) groups is 1. The van der Waals surface area contributed by atoms with Crippen molar-refractivity contribution in [1.82, 2.24) is 14.9 Å². The molecule has 0 spiro atoms. The maximum Gasteiger partial charge on any atom is 0.322 e. The van der Waals surface area contributed by atoms with Crippen molar-refractivity contribution in [2.24, 2.45) is 0 Å². The minimum Gasteiger partial charge on any atom is -0.424 e. The number of urea groups is 1. The number of hydrogen-bond acceptors (Lipinski definition) is 5. The number of rotatable bonds is 4. The third-order valence-corrected chi connectivity index (χ3v) is 5.22. The third kappa shape index (κ3) is 3.67. The molecule has 0 radical (unpaired) electrons.